The summed E-state index contributed by atoms with van der Waals surface area (Å²) in [5.74, 6) is 0. The molecule has 5 heteroatoms. The lowest BCUT2D eigenvalue weighted by Gasteiger charge is -2.26. The van der Waals surface area contributed by atoms with Crippen molar-refractivity contribution in [1.29, 1.82) is 0 Å². The fourth-order valence-corrected chi connectivity index (χ4v) is 3.75. The molecule has 4 nitrogen and oxygen atoms in total. The van der Waals surface area contributed by atoms with Gasteiger partial charge in [0.15, 0.2) is 0 Å². The number of nitrogens with one attached hydrogen (secondary N) is 2. The Bertz CT molecular complexity index is 550. The van der Waals surface area contributed by atoms with Crippen molar-refractivity contribution in [3.63, 3.8) is 0 Å². The molecular weight excluding hydrogens is 248 g/mol. The van der Waals surface area contributed by atoms with E-state index in [1.54, 1.807) is 12.1 Å². The van der Waals surface area contributed by atoms with Gasteiger partial charge in [0, 0.05) is 18.3 Å². The van der Waals surface area contributed by atoms with Crippen molar-refractivity contribution in [3.8, 4) is 0 Å². The van der Waals surface area contributed by atoms with E-state index < -0.39 is 10.0 Å². The summed E-state index contributed by atoms with van der Waals surface area (Å²) in [6.45, 7) is 0.923. The molecule has 1 saturated carbocycles. The summed E-state index contributed by atoms with van der Waals surface area (Å²) in [6.07, 6.45) is 5.18. The van der Waals surface area contributed by atoms with E-state index in [1.165, 1.54) is 5.56 Å². The number of fused-ring (bicyclic) bond motifs is 1. The summed E-state index contributed by atoms with van der Waals surface area (Å²) in [6, 6.07) is 5.54. The molecule has 18 heavy (non-hydrogen) atoms. The molecule has 1 aromatic rings. The van der Waals surface area contributed by atoms with Crippen molar-refractivity contribution in [2.75, 3.05) is 11.9 Å². The van der Waals surface area contributed by atoms with E-state index in [2.05, 4.69) is 10.0 Å². The first-order chi connectivity index (χ1) is 8.65. The molecule has 3 rings (SSSR count). The zero-order chi connectivity index (χ0) is 12.6. The molecule has 1 aliphatic heterocycles. The third kappa shape index (κ3) is 2.24. The first kappa shape index (κ1) is 12.0. The molecule has 0 spiro atoms. The van der Waals surface area contributed by atoms with Crippen LogP contribution in [-0.2, 0) is 16.4 Å². The Balaban J connectivity index is 1.86. The molecule has 1 heterocycles. The summed E-state index contributed by atoms with van der Waals surface area (Å²) < 4.78 is 27.1. The highest BCUT2D eigenvalue weighted by Gasteiger charge is 2.25. The summed E-state index contributed by atoms with van der Waals surface area (Å²) in [5.41, 5.74) is 2.18. The molecule has 2 N–H and O–H groups in total. The highest BCUT2D eigenvalue weighted by molar-refractivity contribution is 7.89. The van der Waals surface area contributed by atoms with Crippen LogP contribution in [0.3, 0.4) is 0 Å². The van der Waals surface area contributed by atoms with Gasteiger partial charge in [-0.25, -0.2) is 13.1 Å². The Labute approximate surface area is 108 Å². The van der Waals surface area contributed by atoms with Crippen LogP contribution in [0.25, 0.3) is 0 Å². The fraction of sp³-hybridized carbons (Fsp3) is 0.538. The first-order valence-corrected chi connectivity index (χ1v) is 8.03. The minimum absolute atomic E-state index is 0.138. The maximum absolute atomic E-state index is 12.2. The number of hydrogen-bond donors (Lipinski definition) is 2. The van der Waals surface area contributed by atoms with Crippen LogP contribution >= 0.6 is 0 Å². The Hall–Kier alpha value is -1.07. The van der Waals surface area contributed by atoms with Gasteiger partial charge in [-0.1, -0.05) is 12.5 Å². The molecule has 1 aliphatic carbocycles. The second-order valence-corrected chi connectivity index (χ2v) is 6.81. The Morgan fingerprint density at radius 3 is 2.78 bits per heavy atom. The summed E-state index contributed by atoms with van der Waals surface area (Å²) >= 11 is 0. The zero-order valence-electron chi connectivity index (χ0n) is 10.3. The number of sulfonamides is 1. The van der Waals surface area contributed by atoms with Crippen LogP contribution in [0.2, 0.25) is 0 Å². The molecule has 0 radical (unpaired) electrons. The number of anilines is 1. The molecular formula is C13H18N2O2S. The lowest BCUT2D eigenvalue weighted by Crippen LogP contribution is -2.39. The molecule has 0 amide bonds. The Kier molecular flexibility index (Phi) is 3.03. The predicted molar refractivity (Wildman–Crippen MR) is 71.2 cm³/mol. The van der Waals surface area contributed by atoms with E-state index in [9.17, 15) is 8.42 Å². The smallest absolute Gasteiger partial charge is 0.240 e. The van der Waals surface area contributed by atoms with Gasteiger partial charge < -0.3 is 5.32 Å². The van der Waals surface area contributed by atoms with Crippen molar-refractivity contribution in [2.45, 2.75) is 43.0 Å². The van der Waals surface area contributed by atoms with E-state index in [1.807, 2.05) is 6.07 Å². The van der Waals surface area contributed by atoms with Crippen molar-refractivity contribution in [3.05, 3.63) is 23.8 Å². The van der Waals surface area contributed by atoms with Crippen molar-refractivity contribution < 1.29 is 8.42 Å². The quantitative estimate of drug-likeness (QED) is 0.878. The second-order valence-electron chi connectivity index (χ2n) is 5.10. The molecule has 1 fully saturated rings. The van der Waals surface area contributed by atoms with Crippen LogP contribution < -0.4 is 10.0 Å². The molecule has 0 aromatic heterocycles. The van der Waals surface area contributed by atoms with Crippen LogP contribution in [0.15, 0.2) is 23.1 Å². The average molecular weight is 266 g/mol. The summed E-state index contributed by atoms with van der Waals surface area (Å²) in [7, 11) is -3.34. The van der Waals surface area contributed by atoms with Crippen LogP contribution in [0.5, 0.6) is 0 Å². The maximum Gasteiger partial charge on any atom is 0.240 e. The molecule has 98 valence electrons. The highest BCUT2D eigenvalue weighted by Crippen LogP contribution is 2.26. The molecule has 2 aliphatic rings. The van der Waals surface area contributed by atoms with E-state index in [0.29, 0.717) is 4.90 Å². The fourth-order valence-electron chi connectivity index (χ4n) is 2.42. The molecule has 0 bridgehead atoms. The van der Waals surface area contributed by atoms with Gasteiger partial charge in [-0.3, -0.25) is 0 Å². The number of aryl methyl sites for hydroxylation is 1. The summed E-state index contributed by atoms with van der Waals surface area (Å²) in [5, 5.41) is 3.26. The largest absolute Gasteiger partial charge is 0.385 e. The van der Waals surface area contributed by atoms with Gasteiger partial charge in [-0.05, 0) is 43.4 Å². The normalized spacial score (nSPS) is 19.8. The van der Waals surface area contributed by atoms with E-state index in [0.717, 1.165) is 44.3 Å². The topological polar surface area (TPSA) is 58.2 Å². The standard InChI is InChI=1S/C13H18N2O2S/c16-18(17,15-11-4-1-5-11)12-7-6-10-3-2-8-14-13(10)9-12/h6-7,9,11,14-15H,1-5,8H2. The molecule has 0 unspecified atom stereocenters. The van der Waals surface area contributed by atoms with Crippen molar-refractivity contribution in [1.82, 2.24) is 4.72 Å². The van der Waals surface area contributed by atoms with Gasteiger partial charge in [0.1, 0.15) is 0 Å². The van der Waals surface area contributed by atoms with Gasteiger partial charge in [0.05, 0.1) is 4.90 Å². The van der Waals surface area contributed by atoms with Gasteiger partial charge >= 0.3 is 0 Å². The number of hydrogen-bond acceptors (Lipinski definition) is 3. The Morgan fingerprint density at radius 1 is 1.22 bits per heavy atom. The van der Waals surface area contributed by atoms with Crippen LogP contribution in [-0.4, -0.2) is 21.0 Å². The van der Waals surface area contributed by atoms with E-state index in [-0.39, 0.29) is 6.04 Å². The van der Waals surface area contributed by atoms with Gasteiger partial charge in [0.2, 0.25) is 10.0 Å². The third-order valence-electron chi connectivity index (χ3n) is 3.76. The van der Waals surface area contributed by atoms with Gasteiger partial charge in [-0.15, -0.1) is 0 Å². The van der Waals surface area contributed by atoms with Crippen molar-refractivity contribution in [2.24, 2.45) is 0 Å². The number of benzene rings is 1. The summed E-state index contributed by atoms with van der Waals surface area (Å²) in [4.78, 5) is 0.377. The van der Waals surface area contributed by atoms with Gasteiger partial charge in [-0.2, -0.15) is 0 Å². The van der Waals surface area contributed by atoms with Crippen LogP contribution in [0.4, 0.5) is 5.69 Å². The zero-order valence-corrected chi connectivity index (χ0v) is 11.1. The lowest BCUT2D eigenvalue weighted by atomic mass is 9.94. The monoisotopic (exact) mass is 266 g/mol. The first-order valence-electron chi connectivity index (χ1n) is 6.54. The lowest BCUT2D eigenvalue weighted by molar-refractivity contribution is 0.383. The molecule has 0 saturated heterocycles. The van der Waals surface area contributed by atoms with E-state index >= 15 is 0 Å². The minimum Gasteiger partial charge on any atom is -0.385 e. The Morgan fingerprint density at radius 2 is 2.06 bits per heavy atom. The maximum atomic E-state index is 12.2. The molecule has 1 aromatic carbocycles. The number of rotatable bonds is 3. The SMILES string of the molecule is O=S(=O)(NC1CCC1)c1ccc2c(c1)NCCC2. The highest BCUT2D eigenvalue weighted by atomic mass is 32.2. The van der Waals surface area contributed by atoms with Gasteiger partial charge in [0.25, 0.3) is 0 Å². The van der Waals surface area contributed by atoms with Crippen LogP contribution in [0, 0.1) is 0 Å². The van der Waals surface area contributed by atoms with Crippen molar-refractivity contribution >= 4 is 15.7 Å². The molecule has 0 atom stereocenters. The third-order valence-corrected chi connectivity index (χ3v) is 5.28. The predicted octanol–water partition coefficient (Wildman–Crippen LogP) is 1.88. The van der Waals surface area contributed by atoms with Crippen LogP contribution in [0.1, 0.15) is 31.2 Å². The minimum atomic E-state index is -3.34. The average Bonchev–Trinajstić information content (AvgIpc) is 2.33. The van der Waals surface area contributed by atoms with E-state index in [4.69, 9.17) is 0 Å². The second kappa shape index (κ2) is 4.55.